The lowest BCUT2D eigenvalue weighted by Crippen LogP contribution is -2.19. The van der Waals surface area contributed by atoms with Gasteiger partial charge in [-0.3, -0.25) is 9.79 Å². The highest BCUT2D eigenvalue weighted by Gasteiger charge is 2.07. The quantitative estimate of drug-likeness (QED) is 0.793. The predicted octanol–water partition coefficient (Wildman–Crippen LogP) is 1.03. The fourth-order valence-corrected chi connectivity index (χ4v) is 1.53. The number of aliphatic imine (C=N–C) groups is 1. The van der Waals surface area contributed by atoms with E-state index in [0.29, 0.717) is 6.67 Å². The summed E-state index contributed by atoms with van der Waals surface area (Å²) in [5, 5.41) is 11.3. The Bertz CT molecular complexity index is 392. The standard InChI is InChI=1S/C11H13N3O2/c15-11(16)7-13-9-1-3-10(4-2-9)14-6-5-12-8-14/h1-5,13H,6-8H2,(H,15,16). The molecule has 0 amide bonds. The maximum Gasteiger partial charge on any atom is 0.322 e. The van der Waals surface area contributed by atoms with Crippen LogP contribution in [0.25, 0.3) is 0 Å². The van der Waals surface area contributed by atoms with Crippen LogP contribution in [0.1, 0.15) is 0 Å². The van der Waals surface area contributed by atoms with Crippen molar-refractivity contribution in [2.75, 3.05) is 30.0 Å². The lowest BCUT2D eigenvalue weighted by molar-refractivity contribution is -0.134. The van der Waals surface area contributed by atoms with Crippen molar-refractivity contribution in [1.82, 2.24) is 0 Å². The van der Waals surface area contributed by atoms with Crippen molar-refractivity contribution in [3.8, 4) is 0 Å². The Labute approximate surface area is 93.4 Å². The number of nitrogens with zero attached hydrogens (tertiary/aromatic N) is 2. The molecule has 16 heavy (non-hydrogen) atoms. The first-order valence-corrected chi connectivity index (χ1v) is 5.04. The summed E-state index contributed by atoms with van der Waals surface area (Å²) in [5.74, 6) is -0.864. The minimum absolute atomic E-state index is 0.0633. The molecule has 0 spiro atoms. The van der Waals surface area contributed by atoms with E-state index in [-0.39, 0.29) is 6.54 Å². The lowest BCUT2D eigenvalue weighted by Gasteiger charge is -2.16. The van der Waals surface area contributed by atoms with E-state index in [1.165, 1.54) is 0 Å². The van der Waals surface area contributed by atoms with Crippen LogP contribution in [0, 0.1) is 0 Å². The van der Waals surface area contributed by atoms with E-state index in [0.717, 1.165) is 17.9 Å². The third kappa shape index (κ3) is 2.50. The topological polar surface area (TPSA) is 64.9 Å². The smallest absolute Gasteiger partial charge is 0.322 e. The van der Waals surface area contributed by atoms with Gasteiger partial charge in [0.1, 0.15) is 13.2 Å². The van der Waals surface area contributed by atoms with Crippen LogP contribution in [0.2, 0.25) is 0 Å². The Morgan fingerprint density at radius 1 is 1.44 bits per heavy atom. The molecule has 2 rings (SSSR count). The summed E-state index contributed by atoms with van der Waals surface area (Å²) in [7, 11) is 0. The van der Waals surface area contributed by atoms with Crippen LogP contribution in [0.3, 0.4) is 0 Å². The van der Waals surface area contributed by atoms with Gasteiger partial charge in [0, 0.05) is 17.6 Å². The molecule has 1 aliphatic rings. The van der Waals surface area contributed by atoms with Crippen molar-refractivity contribution in [3.63, 3.8) is 0 Å². The normalized spacial score (nSPS) is 14.1. The molecular weight excluding hydrogens is 206 g/mol. The van der Waals surface area contributed by atoms with Crippen LogP contribution in [-0.4, -0.2) is 37.0 Å². The van der Waals surface area contributed by atoms with E-state index in [4.69, 9.17) is 5.11 Å². The average molecular weight is 219 g/mol. The number of carboxylic acids is 1. The van der Waals surface area contributed by atoms with Gasteiger partial charge in [0.2, 0.25) is 0 Å². The third-order valence-electron chi connectivity index (χ3n) is 2.36. The summed E-state index contributed by atoms with van der Waals surface area (Å²) in [6, 6.07) is 7.66. The molecule has 84 valence electrons. The first kappa shape index (κ1) is 10.5. The molecule has 0 radical (unpaired) electrons. The van der Waals surface area contributed by atoms with Crippen LogP contribution < -0.4 is 10.2 Å². The minimum atomic E-state index is -0.864. The van der Waals surface area contributed by atoms with E-state index >= 15 is 0 Å². The molecular formula is C11H13N3O2. The minimum Gasteiger partial charge on any atom is -0.480 e. The second kappa shape index (κ2) is 4.65. The second-order valence-corrected chi connectivity index (χ2v) is 3.52. The summed E-state index contributed by atoms with van der Waals surface area (Å²) in [5.41, 5.74) is 1.91. The highest BCUT2D eigenvalue weighted by Crippen LogP contribution is 2.18. The van der Waals surface area contributed by atoms with Gasteiger partial charge in [-0.1, -0.05) is 0 Å². The zero-order valence-corrected chi connectivity index (χ0v) is 8.76. The average Bonchev–Trinajstić information content (AvgIpc) is 2.80. The van der Waals surface area contributed by atoms with Gasteiger partial charge >= 0.3 is 5.97 Å². The zero-order valence-electron chi connectivity index (χ0n) is 8.76. The van der Waals surface area contributed by atoms with Gasteiger partial charge in [-0.15, -0.1) is 0 Å². The SMILES string of the molecule is O=C(O)CNc1ccc(N2CC=NC2)cc1. The lowest BCUT2D eigenvalue weighted by atomic mass is 10.2. The Hall–Kier alpha value is -2.04. The van der Waals surface area contributed by atoms with Crippen molar-refractivity contribution >= 4 is 23.6 Å². The predicted molar refractivity (Wildman–Crippen MR) is 63.3 cm³/mol. The Morgan fingerprint density at radius 2 is 2.19 bits per heavy atom. The summed E-state index contributed by atoms with van der Waals surface area (Å²) in [6.45, 7) is 1.47. The van der Waals surface area contributed by atoms with Gasteiger partial charge in [-0.05, 0) is 24.3 Å². The van der Waals surface area contributed by atoms with Gasteiger partial charge in [0.25, 0.3) is 0 Å². The van der Waals surface area contributed by atoms with Gasteiger partial charge in [-0.25, -0.2) is 0 Å². The molecule has 0 saturated heterocycles. The summed E-state index contributed by atoms with van der Waals surface area (Å²) in [6.07, 6.45) is 1.89. The molecule has 1 aromatic carbocycles. The molecule has 1 aromatic rings. The fourth-order valence-electron chi connectivity index (χ4n) is 1.53. The molecule has 0 aliphatic carbocycles. The van der Waals surface area contributed by atoms with Gasteiger partial charge in [0.15, 0.2) is 0 Å². The number of benzene rings is 1. The molecule has 0 saturated carbocycles. The van der Waals surface area contributed by atoms with Crippen LogP contribution in [0.5, 0.6) is 0 Å². The number of hydrogen-bond acceptors (Lipinski definition) is 4. The number of nitrogens with one attached hydrogen (secondary N) is 1. The molecule has 5 nitrogen and oxygen atoms in total. The highest BCUT2D eigenvalue weighted by molar-refractivity contribution is 5.73. The number of hydrogen-bond donors (Lipinski definition) is 2. The largest absolute Gasteiger partial charge is 0.480 e. The monoisotopic (exact) mass is 219 g/mol. The molecule has 0 atom stereocenters. The van der Waals surface area contributed by atoms with Crippen molar-refractivity contribution in [2.45, 2.75) is 0 Å². The molecule has 1 aliphatic heterocycles. The van der Waals surface area contributed by atoms with Gasteiger partial charge < -0.3 is 15.3 Å². The van der Waals surface area contributed by atoms with E-state index in [9.17, 15) is 4.79 Å². The van der Waals surface area contributed by atoms with Crippen molar-refractivity contribution in [3.05, 3.63) is 24.3 Å². The third-order valence-corrected chi connectivity index (χ3v) is 2.36. The summed E-state index contributed by atoms with van der Waals surface area (Å²) < 4.78 is 0. The number of carbonyl (C=O) groups is 1. The number of aliphatic carboxylic acids is 1. The van der Waals surface area contributed by atoms with Crippen LogP contribution >= 0.6 is 0 Å². The molecule has 0 bridgehead atoms. The number of carboxylic acid groups (broad SMARTS) is 1. The first-order chi connectivity index (χ1) is 7.75. The Morgan fingerprint density at radius 3 is 2.75 bits per heavy atom. The maximum atomic E-state index is 10.4. The molecule has 0 fully saturated rings. The maximum absolute atomic E-state index is 10.4. The molecule has 0 unspecified atom stereocenters. The fraction of sp³-hybridized carbons (Fsp3) is 0.273. The van der Waals surface area contributed by atoms with E-state index < -0.39 is 5.97 Å². The molecule has 0 aromatic heterocycles. The van der Waals surface area contributed by atoms with Gasteiger partial charge in [0.05, 0.1) is 6.54 Å². The zero-order chi connectivity index (χ0) is 11.4. The van der Waals surface area contributed by atoms with E-state index in [2.05, 4.69) is 15.2 Å². The Kier molecular flexibility index (Phi) is 3.05. The first-order valence-electron chi connectivity index (χ1n) is 5.04. The van der Waals surface area contributed by atoms with Crippen LogP contribution in [-0.2, 0) is 4.79 Å². The van der Waals surface area contributed by atoms with Crippen LogP contribution in [0.15, 0.2) is 29.3 Å². The van der Waals surface area contributed by atoms with Gasteiger partial charge in [-0.2, -0.15) is 0 Å². The second-order valence-electron chi connectivity index (χ2n) is 3.52. The highest BCUT2D eigenvalue weighted by atomic mass is 16.4. The summed E-state index contributed by atoms with van der Waals surface area (Å²) in [4.78, 5) is 16.6. The van der Waals surface area contributed by atoms with E-state index in [1.54, 1.807) is 0 Å². The van der Waals surface area contributed by atoms with Crippen molar-refractivity contribution < 1.29 is 9.90 Å². The van der Waals surface area contributed by atoms with Crippen molar-refractivity contribution in [2.24, 2.45) is 4.99 Å². The van der Waals surface area contributed by atoms with Crippen LogP contribution in [0.4, 0.5) is 11.4 Å². The van der Waals surface area contributed by atoms with E-state index in [1.807, 2.05) is 30.5 Å². The number of rotatable bonds is 4. The molecule has 1 heterocycles. The van der Waals surface area contributed by atoms with Crippen molar-refractivity contribution in [1.29, 1.82) is 0 Å². The number of anilines is 2. The summed E-state index contributed by atoms with van der Waals surface area (Å²) >= 11 is 0. The Balaban J connectivity index is 1.96. The molecule has 5 heteroatoms. The molecule has 2 N–H and O–H groups in total.